The lowest BCUT2D eigenvalue weighted by Crippen LogP contribution is -2.04. The van der Waals surface area contributed by atoms with Gasteiger partial charge in [0.25, 0.3) is 0 Å². The summed E-state index contributed by atoms with van der Waals surface area (Å²) in [5, 5.41) is 10.4. The molecule has 0 saturated carbocycles. The molecule has 0 amide bonds. The Kier molecular flexibility index (Phi) is 3.28. The number of carbonyl (C=O) groups excluding carboxylic acids is 1. The van der Waals surface area contributed by atoms with E-state index in [4.69, 9.17) is 9.84 Å². The number of carbonyl (C=O) groups is 2. The summed E-state index contributed by atoms with van der Waals surface area (Å²) in [7, 11) is 0. The Bertz CT molecular complexity index is 562. The van der Waals surface area contributed by atoms with Gasteiger partial charge < -0.3 is 9.84 Å². The van der Waals surface area contributed by atoms with Crippen molar-refractivity contribution < 1.29 is 19.4 Å². The molecule has 0 aromatic heterocycles. The number of carboxylic acids is 1. The van der Waals surface area contributed by atoms with Gasteiger partial charge in [-0.3, -0.25) is 9.59 Å². The molecule has 0 heterocycles. The second-order valence-electron chi connectivity index (χ2n) is 3.93. The number of hydrogen-bond acceptors (Lipinski definition) is 3. The molecular formula is C14H12O4. The third-order valence-corrected chi connectivity index (χ3v) is 2.57. The molecule has 0 unspecified atom stereocenters. The molecule has 0 aliphatic heterocycles. The Hall–Kier alpha value is -2.36. The van der Waals surface area contributed by atoms with Crippen LogP contribution in [0.15, 0.2) is 36.4 Å². The van der Waals surface area contributed by atoms with E-state index in [1.54, 1.807) is 18.2 Å². The molecule has 92 valence electrons. The van der Waals surface area contributed by atoms with Crippen molar-refractivity contribution in [3.05, 3.63) is 42.0 Å². The molecule has 0 aliphatic rings. The van der Waals surface area contributed by atoms with Gasteiger partial charge in [0.2, 0.25) is 0 Å². The smallest absolute Gasteiger partial charge is 0.308 e. The molecule has 4 heteroatoms. The number of rotatable bonds is 3. The summed E-state index contributed by atoms with van der Waals surface area (Å²) in [6, 6.07) is 10.6. The molecule has 0 spiro atoms. The highest BCUT2D eigenvalue weighted by Crippen LogP contribution is 2.29. The Morgan fingerprint density at radius 2 is 1.78 bits per heavy atom. The average molecular weight is 244 g/mol. The lowest BCUT2D eigenvalue weighted by Gasteiger charge is -2.09. The SMILES string of the molecule is CC(=O)Oc1ccc(CC(=O)O)c2ccccc12. The van der Waals surface area contributed by atoms with Crippen LogP contribution in [-0.4, -0.2) is 17.0 Å². The predicted octanol–water partition coefficient (Wildman–Crippen LogP) is 2.39. The molecule has 0 bridgehead atoms. The Balaban J connectivity index is 2.58. The van der Waals surface area contributed by atoms with Crippen molar-refractivity contribution in [3.63, 3.8) is 0 Å². The van der Waals surface area contributed by atoms with Gasteiger partial charge in [0, 0.05) is 12.3 Å². The number of benzene rings is 2. The van der Waals surface area contributed by atoms with E-state index in [0.29, 0.717) is 11.3 Å². The fourth-order valence-corrected chi connectivity index (χ4v) is 1.89. The first-order chi connectivity index (χ1) is 8.58. The molecule has 2 aromatic carbocycles. The fourth-order valence-electron chi connectivity index (χ4n) is 1.89. The quantitative estimate of drug-likeness (QED) is 0.665. The van der Waals surface area contributed by atoms with Crippen molar-refractivity contribution in [2.75, 3.05) is 0 Å². The van der Waals surface area contributed by atoms with E-state index < -0.39 is 11.9 Å². The topological polar surface area (TPSA) is 63.6 Å². The monoisotopic (exact) mass is 244 g/mol. The van der Waals surface area contributed by atoms with Crippen molar-refractivity contribution in [1.82, 2.24) is 0 Å². The second-order valence-corrected chi connectivity index (χ2v) is 3.93. The summed E-state index contributed by atoms with van der Waals surface area (Å²) in [4.78, 5) is 21.8. The van der Waals surface area contributed by atoms with Gasteiger partial charge in [-0.05, 0) is 17.0 Å². The number of ether oxygens (including phenoxy) is 1. The van der Waals surface area contributed by atoms with Crippen LogP contribution in [0.5, 0.6) is 5.75 Å². The zero-order chi connectivity index (χ0) is 13.1. The van der Waals surface area contributed by atoms with E-state index in [-0.39, 0.29) is 6.42 Å². The van der Waals surface area contributed by atoms with Crippen LogP contribution in [0.1, 0.15) is 12.5 Å². The molecule has 1 N–H and O–H groups in total. The first kappa shape index (κ1) is 12.1. The maximum atomic E-state index is 11.0. The molecule has 0 fully saturated rings. The van der Waals surface area contributed by atoms with Crippen molar-refractivity contribution in [2.24, 2.45) is 0 Å². The zero-order valence-electron chi connectivity index (χ0n) is 9.84. The molecule has 0 aliphatic carbocycles. The molecular weight excluding hydrogens is 232 g/mol. The van der Waals surface area contributed by atoms with Crippen LogP contribution in [0.25, 0.3) is 10.8 Å². The van der Waals surface area contributed by atoms with E-state index in [1.807, 2.05) is 18.2 Å². The standard InChI is InChI=1S/C14H12O4/c1-9(15)18-13-7-6-10(8-14(16)17)11-4-2-3-5-12(11)13/h2-7H,8H2,1H3,(H,16,17). The number of esters is 1. The summed E-state index contributed by atoms with van der Waals surface area (Å²) >= 11 is 0. The highest BCUT2D eigenvalue weighted by molar-refractivity contribution is 5.94. The summed E-state index contributed by atoms with van der Waals surface area (Å²) in [6.07, 6.45) is -0.0547. The summed E-state index contributed by atoms with van der Waals surface area (Å²) in [5.74, 6) is -0.834. The largest absolute Gasteiger partial charge is 0.481 e. The molecule has 0 atom stereocenters. The number of carboxylic acid groups (broad SMARTS) is 1. The Labute approximate surface area is 104 Å². The normalized spacial score (nSPS) is 10.3. The van der Waals surface area contributed by atoms with E-state index >= 15 is 0 Å². The minimum Gasteiger partial charge on any atom is -0.481 e. The summed E-state index contributed by atoms with van der Waals surface area (Å²) in [6.45, 7) is 1.33. The second kappa shape index (κ2) is 4.87. The van der Waals surface area contributed by atoms with Gasteiger partial charge in [0.05, 0.1) is 6.42 Å². The van der Waals surface area contributed by atoms with Gasteiger partial charge in [-0.15, -0.1) is 0 Å². The third-order valence-electron chi connectivity index (χ3n) is 2.57. The number of aliphatic carboxylic acids is 1. The predicted molar refractivity (Wildman–Crippen MR) is 66.6 cm³/mol. The van der Waals surface area contributed by atoms with Gasteiger partial charge in [-0.1, -0.05) is 30.3 Å². The van der Waals surface area contributed by atoms with Gasteiger partial charge in [0.1, 0.15) is 5.75 Å². The number of fused-ring (bicyclic) bond motifs is 1. The Morgan fingerprint density at radius 1 is 1.11 bits per heavy atom. The van der Waals surface area contributed by atoms with Crippen LogP contribution in [0.4, 0.5) is 0 Å². The maximum absolute atomic E-state index is 11.0. The van der Waals surface area contributed by atoms with Crippen LogP contribution in [0, 0.1) is 0 Å². The van der Waals surface area contributed by atoms with Crippen molar-refractivity contribution in [2.45, 2.75) is 13.3 Å². The van der Waals surface area contributed by atoms with Crippen molar-refractivity contribution in [1.29, 1.82) is 0 Å². The lowest BCUT2D eigenvalue weighted by molar-refractivity contribution is -0.136. The Morgan fingerprint density at radius 3 is 2.39 bits per heavy atom. The summed E-state index contributed by atoms with van der Waals surface area (Å²) in [5.41, 5.74) is 0.703. The third kappa shape index (κ3) is 2.48. The van der Waals surface area contributed by atoms with Crippen LogP contribution in [0.2, 0.25) is 0 Å². The van der Waals surface area contributed by atoms with Gasteiger partial charge in [-0.2, -0.15) is 0 Å². The van der Waals surface area contributed by atoms with Crippen molar-refractivity contribution >= 4 is 22.7 Å². The van der Waals surface area contributed by atoms with E-state index in [1.165, 1.54) is 6.92 Å². The highest BCUT2D eigenvalue weighted by Gasteiger charge is 2.10. The van der Waals surface area contributed by atoms with Crippen molar-refractivity contribution in [3.8, 4) is 5.75 Å². The first-order valence-electron chi connectivity index (χ1n) is 5.49. The minimum atomic E-state index is -0.889. The minimum absolute atomic E-state index is 0.0547. The molecule has 2 aromatic rings. The molecule has 4 nitrogen and oxygen atoms in total. The van der Waals surface area contributed by atoms with Crippen LogP contribution >= 0.6 is 0 Å². The highest BCUT2D eigenvalue weighted by atomic mass is 16.5. The van der Waals surface area contributed by atoms with Gasteiger partial charge in [0.15, 0.2) is 0 Å². The van der Waals surface area contributed by atoms with Crippen LogP contribution < -0.4 is 4.74 Å². The summed E-state index contributed by atoms with van der Waals surface area (Å²) < 4.78 is 5.10. The van der Waals surface area contributed by atoms with E-state index in [9.17, 15) is 9.59 Å². The van der Waals surface area contributed by atoms with E-state index in [2.05, 4.69) is 0 Å². The zero-order valence-corrected chi connectivity index (χ0v) is 9.84. The van der Waals surface area contributed by atoms with Gasteiger partial charge >= 0.3 is 11.9 Å². The van der Waals surface area contributed by atoms with Crippen LogP contribution in [0.3, 0.4) is 0 Å². The number of hydrogen-bond donors (Lipinski definition) is 1. The fraction of sp³-hybridized carbons (Fsp3) is 0.143. The molecule has 0 radical (unpaired) electrons. The molecule has 2 rings (SSSR count). The van der Waals surface area contributed by atoms with Gasteiger partial charge in [-0.25, -0.2) is 0 Å². The molecule has 0 saturated heterocycles. The maximum Gasteiger partial charge on any atom is 0.308 e. The average Bonchev–Trinajstić information content (AvgIpc) is 2.31. The lowest BCUT2D eigenvalue weighted by atomic mass is 10.0. The van der Waals surface area contributed by atoms with E-state index in [0.717, 1.165) is 10.8 Å². The van der Waals surface area contributed by atoms with Crippen LogP contribution in [-0.2, 0) is 16.0 Å². The first-order valence-corrected chi connectivity index (χ1v) is 5.49. The molecule has 18 heavy (non-hydrogen) atoms.